The van der Waals surface area contributed by atoms with Gasteiger partial charge in [-0.1, -0.05) is 12.1 Å². The van der Waals surface area contributed by atoms with Gasteiger partial charge in [-0.2, -0.15) is 13.2 Å². The van der Waals surface area contributed by atoms with Crippen LogP contribution >= 0.6 is 0 Å². The van der Waals surface area contributed by atoms with Crippen molar-refractivity contribution in [2.45, 2.75) is 25.2 Å². The molecule has 10 heteroatoms. The van der Waals surface area contributed by atoms with Crippen molar-refractivity contribution in [3.63, 3.8) is 0 Å². The lowest BCUT2D eigenvalue weighted by Crippen LogP contribution is -2.51. The molecule has 34 heavy (non-hydrogen) atoms. The van der Waals surface area contributed by atoms with Gasteiger partial charge in [0.1, 0.15) is 5.75 Å². The highest BCUT2D eigenvalue weighted by Gasteiger charge is 2.37. The number of pyridine rings is 2. The molecule has 2 aliphatic heterocycles. The van der Waals surface area contributed by atoms with Gasteiger partial charge in [0.25, 0.3) is 5.91 Å². The molecule has 1 saturated heterocycles. The standard InChI is InChI=1S/C24H20F3N3O4/c1-23(12-32-13-23)34-20-7-6-15(10-29-20)30-11-18-16(22(30)31)8-9-28-21(18)17-4-2-3-5-19(17)33-14-24(25,26)27/h2-10H,11-14H2,1H3. The van der Waals surface area contributed by atoms with E-state index in [0.29, 0.717) is 47.2 Å². The largest absolute Gasteiger partial charge is 0.483 e. The highest BCUT2D eigenvalue weighted by atomic mass is 19.4. The predicted octanol–water partition coefficient (Wildman–Crippen LogP) is 4.41. The van der Waals surface area contributed by atoms with Crippen LogP contribution in [0.4, 0.5) is 18.9 Å². The van der Waals surface area contributed by atoms with Crippen molar-refractivity contribution in [3.05, 3.63) is 66.0 Å². The molecular weight excluding hydrogens is 451 g/mol. The van der Waals surface area contributed by atoms with Crippen LogP contribution in [-0.4, -0.2) is 47.5 Å². The maximum Gasteiger partial charge on any atom is 0.422 e. The fourth-order valence-corrected chi connectivity index (χ4v) is 3.91. The first-order valence-corrected chi connectivity index (χ1v) is 10.5. The van der Waals surface area contributed by atoms with Crippen LogP contribution in [0.15, 0.2) is 54.9 Å². The molecule has 0 aliphatic carbocycles. The zero-order valence-electron chi connectivity index (χ0n) is 18.1. The van der Waals surface area contributed by atoms with Gasteiger partial charge in [-0.15, -0.1) is 0 Å². The smallest absolute Gasteiger partial charge is 0.422 e. The van der Waals surface area contributed by atoms with E-state index in [1.807, 2.05) is 6.92 Å². The molecule has 3 aromatic rings. The van der Waals surface area contributed by atoms with Gasteiger partial charge in [-0.25, -0.2) is 4.98 Å². The number of hydrogen-bond acceptors (Lipinski definition) is 6. The molecule has 0 N–H and O–H groups in total. The number of anilines is 1. The van der Waals surface area contributed by atoms with E-state index in [4.69, 9.17) is 14.2 Å². The number of rotatable bonds is 6. The van der Waals surface area contributed by atoms with Crippen molar-refractivity contribution in [2.75, 3.05) is 24.7 Å². The van der Waals surface area contributed by atoms with Crippen molar-refractivity contribution >= 4 is 11.6 Å². The van der Waals surface area contributed by atoms with Gasteiger partial charge >= 0.3 is 6.18 Å². The van der Waals surface area contributed by atoms with Gasteiger partial charge in [-0.3, -0.25) is 9.78 Å². The van der Waals surface area contributed by atoms with Crippen LogP contribution in [0.25, 0.3) is 11.3 Å². The van der Waals surface area contributed by atoms with Crippen molar-refractivity contribution < 1.29 is 32.2 Å². The second kappa shape index (κ2) is 8.28. The fraction of sp³-hybridized carbons (Fsp3) is 0.292. The molecule has 1 amide bonds. The Bertz CT molecular complexity index is 1230. The van der Waals surface area contributed by atoms with Gasteiger partial charge in [0.15, 0.2) is 12.2 Å². The van der Waals surface area contributed by atoms with E-state index in [2.05, 4.69) is 9.97 Å². The summed E-state index contributed by atoms with van der Waals surface area (Å²) in [7, 11) is 0. The Hall–Kier alpha value is -3.66. The summed E-state index contributed by atoms with van der Waals surface area (Å²) >= 11 is 0. The van der Waals surface area contributed by atoms with E-state index in [1.165, 1.54) is 12.3 Å². The van der Waals surface area contributed by atoms with Crippen LogP contribution in [0.1, 0.15) is 22.8 Å². The fourth-order valence-electron chi connectivity index (χ4n) is 3.91. The normalized spacial score (nSPS) is 16.7. The molecule has 0 unspecified atom stereocenters. The average Bonchev–Trinajstić information content (AvgIpc) is 3.13. The first kappa shape index (κ1) is 22.1. The van der Waals surface area contributed by atoms with Crippen molar-refractivity contribution in [3.8, 4) is 22.9 Å². The monoisotopic (exact) mass is 471 g/mol. The number of hydrogen-bond donors (Lipinski definition) is 0. The second-order valence-corrected chi connectivity index (χ2v) is 8.38. The number of ether oxygens (including phenoxy) is 3. The summed E-state index contributed by atoms with van der Waals surface area (Å²) in [6.45, 7) is 1.67. The number of carbonyl (C=O) groups is 1. The lowest BCUT2D eigenvalue weighted by atomic mass is 10.0. The quantitative estimate of drug-likeness (QED) is 0.530. The van der Waals surface area contributed by atoms with Gasteiger partial charge in [0, 0.05) is 29.0 Å². The number of carbonyl (C=O) groups excluding carboxylic acids is 1. The summed E-state index contributed by atoms with van der Waals surface area (Å²) in [5.41, 5.74) is 1.98. The highest BCUT2D eigenvalue weighted by Crippen LogP contribution is 2.38. The number of fused-ring (bicyclic) bond motifs is 1. The molecule has 0 saturated carbocycles. The minimum atomic E-state index is -4.47. The van der Waals surface area contributed by atoms with Crippen LogP contribution in [0, 0.1) is 0 Å². The zero-order valence-corrected chi connectivity index (χ0v) is 18.1. The molecule has 0 spiro atoms. The maximum absolute atomic E-state index is 13.1. The molecule has 2 aromatic heterocycles. The molecule has 0 atom stereocenters. The van der Waals surface area contributed by atoms with Gasteiger partial charge in [0.05, 0.1) is 37.3 Å². The Morgan fingerprint density at radius 3 is 2.56 bits per heavy atom. The Kier molecular flexibility index (Phi) is 5.40. The summed E-state index contributed by atoms with van der Waals surface area (Å²) in [5, 5.41) is 0. The Morgan fingerprint density at radius 2 is 1.88 bits per heavy atom. The summed E-state index contributed by atoms with van der Waals surface area (Å²) in [4.78, 5) is 23.4. The number of aromatic nitrogens is 2. The lowest BCUT2D eigenvalue weighted by molar-refractivity contribution is -0.153. The van der Waals surface area contributed by atoms with Gasteiger partial charge in [0.2, 0.25) is 5.88 Å². The Balaban J connectivity index is 1.41. The van der Waals surface area contributed by atoms with Crippen molar-refractivity contribution in [2.24, 2.45) is 0 Å². The first-order valence-electron chi connectivity index (χ1n) is 10.5. The minimum Gasteiger partial charge on any atom is -0.483 e. The van der Waals surface area contributed by atoms with E-state index >= 15 is 0 Å². The molecule has 2 aliphatic rings. The summed E-state index contributed by atoms with van der Waals surface area (Å²) in [6, 6.07) is 11.4. The van der Waals surface area contributed by atoms with Gasteiger partial charge < -0.3 is 19.1 Å². The van der Waals surface area contributed by atoms with E-state index in [-0.39, 0.29) is 18.2 Å². The van der Waals surface area contributed by atoms with Crippen LogP contribution in [-0.2, 0) is 11.3 Å². The summed E-state index contributed by atoms with van der Waals surface area (Å²) in [6.07, 6.45) is -1.46. The molecular formula is C24H20F3N3O4. The van der Waals surface area contributed by atoms with E-state index in [9.17, 15) is 18.0 Å². The second-order valence-electron chi connectivity index (χ2n) is 8.38. The van der Waals surface area contributed by atoms with E-state index in [1.54, 1.807) is 47.5 Å². The number of benzene rings is 1. The van der Waals surface area contributed by atoms with Crippen LogP contribution in [0.5, 0.6) is 11.6 Å². The number of amides is 1. The number of para-hydroxylation sites is 1. The van der Waals surface area contributed by atoms with E-state index in [0.717, 1.165) is 0 Å². The summed E-state index contributed by atoms with van der Waals surface area (Å²) < 4.78 is 54.2. The third-order valence-corrected chi connectivity index (χ3v) is 5.58. The molecule has 0 radical (unpaired) electrons. The minimum absolute atomic E-state index is 0.0447. The van der Waals surface area contributed by atoms with Gasteiger partial charge in [-0.05, 0) is 31.2 Å². The number of nitrogens with zero attached hydrogens (tertiary/aromatic N) is 3. The number of alkyl halides is 3. The average molecular weight is 471 g/mol. The predicted molar refractivity (Wildman–Crippen MR) is 116 cm³/mol. The molecule has 1 fully saturated rings. The molecule has 0 bridgehead atoms. The number of halogens is 3. The molecule has 1 aromatic carbocycles. The van der Waals surface area contributed by atoms with E-state index < -0.39 is 18.4 Å². The van der Waals surface area contributed by atoms with Crippen LogP contribution in [0.2, 0.25) is 0 Å². The maximum atomic E-state index is 13.1. The van der Waals surface area contributed by atoms with Crippen molar-refractivity contribution in [1.29, 1.82) is 0 Å². The molecule has 7 nitrogen and oxygen atoms in total. The summed E-state index contributed by atoms with van der Waals surface area (Å²) in [5.74, 6) is 0.224. The van der Waals surface area contributed by atoms with Crippen LogP contribution in [0.3, 0.4) is 0 Å². The van der Waals surface area contributed by atoms with Crippen LogP contribution < -0.4 is 14.4 Å². The lowest BCUT2D eigenvalue weighted by Gasteiger charge is -2.37. The molecule has 176 valence electrons. The SMILES string of the molecule is CC1(Oc2ccc(N3Cc4c(ccnc4-c4ccccc4OCC(F)(F)F)C3=O)cn2)COC1. The first-order chi connectivity index (χ1) is 16.2. The third kappa shape index (κ3) is 4.28. The Labute approximate surface area is 193 Å². The highest BCUT2D eigenvalue weighted by molar-refractivity contribution is 6.11. The third-order valence-electron chi connectivity index (χ3n) is 5.58. The molecule has 4 heterocycles. The Morgan fingerprint density at radius 1 is 1.09 bits per heavy atom. The molecule has 5 rings (SSSR count). The van der Waals surface area contributed by atoms with Crippen molar-refractivity contribution in [1.82, 2.24) is 9.97 Å². The topological polar surface area (TPSA) is 73.8 Å². The zero-order chi connectivity index (χ0) is 23.9.